The summed E-state index contributed by atoms with van der Waals surface area (Å²) in [6.07, 6.45) is 3.77. The number of amides is 1. The summed E-state index contributed by atoms with van der Waals surface area (Å²) in [4.78, 5) is 12.5. The average molecular weight is 474 g/mol. The van der Waals surface area contributed by atoms with Crippen molar-refractivity contribution in [2.75, 3.05) is 26.1 Å². The molecule has 0 atom stereocenters. The summed E-state index contributed by atoms with van der Waals surface area (Å²) in [5, 5.41) is 11.8. The summed E-state index contributed by atoms with van der Waals surface area (Å²) >= 11 is 7.55. The Bertz CT molecular complexity index is 1080. The quantitative estimate of drug-likeness (QED) is 0.379. The summed E-state index contributed by atoms with van der Waals surface area (Å²) in [6.45, 7) is 2.74. The second kappa shape index (κ2) is 11.5. The van der Waals surface area contributed by atoms with Crippen LogP contribution in [0.1, 0.15) is 40.1 Å². The van der Waals surface area contributed by atoms with E-state index in [1.54, 1.807) is 44.6 Å². The standard InChI is InChI=1S/C23H24ClN3O4S/c1-4-5-12-31-19-11-6-15(14-20(19)30-3)13-18(24)22-26-27-23(32-22)21(28)25-16-7-9-17(29-2)10-8-16/h6-11,13-14H,4-5,12H2,1-3H3,(H,25,28)/b18-13-. The highest BCUT2D eigenvalue weighted by atomic mass is 35.5. The molecule has 1 amide bonds. The third kappa shape index (κ3) is 6.21. The smallest absolute Gasteiger partial charge is 0.286 e. The molecule has 3 aromatic rings. The molecule has 0 fully saturated rings. The first-order valence-corrected chi connectivity index (χ1v) is 11.2. The molecule has 0 aliphatic rings. The first-order valence-electron chi connectivity index (χ1n) is 10.0. The predicted octanol–water partition coefficient (Wildman–Crippen LogP) is 5.72. The molecule has 0 unspecified atom stereocenters. The van der Waals surface area contributed by atoms with Gasteiger partial charge in [-0.3, -0.25) is 4.79 Å². The van der Waals surface area contributed by atoms with Crippen molar-refractivity contribution in [1.29, 1.82) is 0 Å². The normalized spacial score (nSPS) is 11.2. The van der Waals surface area contributed by atoms with Crippen LogP contribution < -0.4 is 19.5 Å². The zero-order chi connectivity index (χ0) is 22.9. The third-order valence-electron chi connectivity index (χ3n) is 4.41. The minimum atomic E-state index is -0.362. The summed E-state index contributed by atoms with van der Waals surface area (Å²) in [5.41, 5.74) is 1.44. The molecule has 0 spiro atoms. The van der Waals surface area contributed by atoms with E-state index in [0.717, 1.165) is 29.7 Å². The molecule has 0 saturated heterocycles. The molecular weight excluding hydrogens is 450 g/mol. The van der Waals surface area contributed by atoms with E-state index in [9.17, 15) is 4.79 Å². The van der Waals surface area contributed by atoms with E-state index in [2.05, 4.69) is 22.4 Å². The number of nitrogens with zero attached hydrogens (tertiary/aromatic N) is 2. The maximum Gasteiger partial charge on any atom is 0.286 e. The number of hydrogen-bond donors (Lipinski definition) is 1. The number of ether oxygens (including phenoxy) is 3. The molecule has 1 N–H and O–H groups in total. The van der Waals surface area contributed by atoms with Gasteiger partial charge >= 0.3 is 0 Å². The van der Waals surface area contributed by atoms with Crippen molar-refractivity contribution in [1.82, 2.24) is 10.2 Å². The largest absolute Gasteiger partial charge is 0.497 e. The molecule has 7 nitrogen and oxygen atoms in total. The number of nitrogens with one attached hydrogen (secondary N) is 1. The molecule has 1 heterocycles. The number of benzene rings is 2. The molecule has 32 heavy (non-hydrogen) atoms. The lowest BCUT2D eigenvalue weighted by Crippen LogP contribution is -2.11. The first kappa shape index (κ1) is 23.6. The van der Waals surface area contributed by atoms with Gasteiger partial charge in [-0.2, -0.15) is 0 Å². The number of carbonyl (C=O) groups is 1. The van der Waals surface area contributed by atoms with Gasteiger partial charge in [0.2, 0.25) is 5.01 Å². The molecular formula is C23H24ClN3O4S. The Hall–Kier alpha value is -3.10. The number of halogens is 1. The second-order valence-electron chi connectivity index (χ2n) is 6.70. The van der Waals surface area contributed by atoms with Crippen molar-refractivity contribution >= 4 is 45.6 Å². The van der Waals surface area contributed by atoms with E-state index in [-0.39, 0.29) is 10.9 Å². The fourth-order valence-electron chi connectivity index (χ4n) is 2.70. The highest BCUT2D eigenvalue weighted by molar-refractivity contribution is 7.15. The predicted molar refractivity (Wildman–Crippen MR) is 128 cm³/mol. The van der Waals surface area contributed by atoms with Crippen molar-refractivity contribution < 1.29 is 19.0 Å². The topological polar surface area (TPSA) is 82.6 Å². The van der Waals surface area contributed by atoms with Crippen LogP contribution in [-0.4, -0.2) is 36.9 Å². The Balaban J connectivity index is 1.70. The number of unbranched alkanes of at least 4 members (excludes halogenated alkanes) is 1. The Morgan fingerprint density at radius 2 is 1.81 bits per heavy atom. The van der Waals surface area contributed by atoms with Gasteiger partial charge in [-0.05, 0) is 54.5 Å². The maximum atomic E-state index is 12.5. The number of rotatable bonds is 10. The van der Waals surface area contributed by atoms with E-state index in [0.29, 0.717) is 39.6 Å². The van der Waals surface area contributed by atoms with Crippen LogP contribution in [0.2, 0.25) is 0 Å². The minimum Gasteiger partial charge on any atom is -0.497 e. The fourth-order valence-corrected chi connectivity index (χ4v) is 3.62. The van der Waals surface area contributed by atoms with E-state index in [1.165, 1.54) is 0 Å². The summed E-state index contributed by atoms with van der Waals surface area (Å²) in [6, 6.07) is 12.6. The zero-order valence-electron chi connectivity index (χ0n) is 18.1. The Morgan fingerprint density at radius 1 is 1.06 bits per heavy atom. The lowest BCUT2D eigenvalue weighted by molar-refractivity contribution is 0.102. The van der Waals surface area contributed by atoms with E-state index in [4.69, 9.17) is 25.8 Å². The van der Waals surface area contributed by atoms with Crippen LogP contribution in [-0.2, 0) is 0 Å². The molecule has 2 aromatic carbocycles. The van der Waals surface area contributed by atoms with Crippen molar-refractivity contribution in [2.24, 2.45) is 0 Å². The SMILES string of the molecule is CCCCOc1ccc(/C=C(\Cl)c2nnc(C(=O)Nc3ccc(OC)cc3)s2)cc1OC. The monoisotopic (exact) mass is 473 g/mol. The number of methoxy groups -OCH3 is 2. The van der Waals surface area contributed by atoms with Gasteiger partial charge < -0.3 is 19.5 Å². The van der Waals surface area contributed by atoms with Gasteiger partial charge in [-0.25, -0.2) is 0 Å². The summed E-state index contributed by atoms with van der Waals surface area (Å²) in [5.74, 6) is 1.65. The van der Waals surface area contributed by atoms with Gasteiger partial charge in [0.25, 0.3) is 5.91 Å². The van der Waals surface area contributed by atoms with Crippen LogP contribution in [0, 0.1) is 0 Å². The van der Waals surface area contributed by atoms with Crippen LogP contribution >= 0.6 is 22.9 Å². The maximum absolute atomic E-state index is 12.5. The number of aromatic nitrogens is 2. The Kier molecular flexibility index (Phi) is 8.47. The first-order chi connectivity index (χ1) is 15.5. The van der Waals surface area contributed by atoms with Crippen molar-refractivity contribution in [3.63, 3.8) is 0 Å². The molecule has 9 heteroatoms. The molecule has 0 aliphatic carbocycles. The lowest BCUT2D eigenvalue weighted by Gasteiger charge is -2.11. The van der Waals surface area contributed by atoms with Gasteiger partial charge in [-0.1, -0.05) is 42.3 Å². The molecule has 168 valence electrons. The van der Waals surface area contributed by atoms with Crippen LogP contribution in [0.25, 0.3) is 11.1 Å². The molecule has 0 aliphatic heterocycles. The second-order valence-corrected chi connectivity index (χ2v) is 8.08. The highest BCUT2D eigenvalue weighted by Gasteiger charge is 2.15. The van der Waals surface area contributed by atoms with E-state index in [1.807, 2.05) is 18.2 Å². The van der Waals surface area contributed by atoms with Crippen LogP contribution in [0.3, 0.4) is 0 Å². The molecule has 0 radical (unpaired) electrons. The van der Waals surface area contributed by atoms with Crippen LogP contribution in [0.15, 0.2) is 42.5 Å². The van der Waals surface area contributed by atoms with Gasteiger partial charge in [0.05, 0.1) is 25.9 Å². The van der Waals surface area contributed by atoms with Crippen molar-refractivity contribution in [3.8, 4) is 17.2 Å². The van der Waals surface area contributed by atoms with E-state index < -0.39 is 0 Å². The van der Waals surface area contributed by atoms with Gasteiger partial charge in [0.1, 0.15) is 5.75 Å². The van der Waals surface area contributed by atoms with Gasteiger partial charge in [0, 0.05) is 5.69 Å². The Labute approximate surface area is 196 Å². The van der Waals surface area contributed by atoms with Crippen molar-refractivity contribution in [2.45, 2.75) is 19.8 Å². The zero-order valence-corrected chi connectivity index (χ0v) is 19.6. The molecule has 0 bridgehead atoms. The molecule has 3 rings (SSSR count). The lowest BCUT2D eigenvalue weighted by atomic mass is 10.2. The van der Waals surface area contributed by atoms with Crippen molar-refractivity contribution in [3.05, 3.63) is 58.0 Å². The van der Waals surface area contributed by atoms with E-state index >= 15 is 0 Å². The van der Waals surface area contributed by atoms with Crippen LogP contribution in [0.5, 0.6) is 17.2 Å². The Morgan fingerprint density at radius 3 is 2.50 bits per heavy atom. The van der Waals surface area contributed by atoms with Gasteiger partial charge in [-0.15, -0.1) is 10.2 Å². The molecule has 1 aromatic heterocycles. The summed E-state index contributed by atoms with van der Waals surface area (Å²) < 4.78 is 16.3. The fraction of sp³-hybridized carbons (Fsp3) is 0.261. The number of hydrogen-bond acceptors (Lipinski definition) is 7. The molecule has 0 saturated carbocycles. The average Bonchev–Trinajstić information content (AvgIpc) is 3.31. The number of carbonyl (C=O) groups excluding carboxylic acids is 1. The minimum absolute atomic E-state index is 0.208. The van der Waals surface area contributed by atoms with Crippen LogP contribution in [0.4, 0.5) is 5.69 Å². The van der Waals surface area contributed by atoms with Gasteiger partial charge in [0.15, 0.2) is 16.5 Å². The third-order valence-corrected chi connectivity index (χ3v) is 5.76. The highest BCUT2D eigenvalue weighted by Crippen LogP contribution is 2.31. The summed E-state index contributed by atoms with van der Waals surface area (Å²) in [7, 11) is 3.18. The number of anilines is 1.